The van der Waals surface area contributed by atoms with E-state index in [1.807, 2.05) is 0 Å². The van der Waals surface area contributed by atoms with E-state index in [1.54, 1.807) is 13.8 Å². The summed E-state index contributed by atoms with van der Waals surface area (Å²) in [6.07, 6.45) is 1.08. The molecule has 0 aliphatic carbocycles. The quantitative estimate of drug-likeness (QED) is 0.578. The van der Waals surface area contributed by atoms with Gasteiger partial charge in [0.1, 0.15) is 11.3 Å². The van der Waals surface area contributed by atoms with Crippen molar-refractivity contribution in [3.63, 3.8) is 0 Å². The maximum atomic E-state index is 14.4. The van der Waals surface area contributed by atoms with Crippen molar-refractivity contribution in [1.29, 1.82) is 0 Å². The van der Waals surface area contributed by atoms with Gasteiger partial charge in [0, 0.05) is 6.07 Å². The molecule has 0 fully saturated rings. The Balaban J connectivity index is 2.36. The van der Waals surface area contributed by atoms with Gasteiger partial charge in [-0.3, -0.25) is 0 Å². The average molecular weight is 324 g/mol. The Morgan fingerprint density at radius 2 is 1.74 bits per heavy atom. The second-order valence-corrected chi connectivity index (χ2v) is 5.40. The van der Waals surface area contributed by atoms with Gasteiger partial charge in [-0.15, -0.1) is 5.10 Å². The number of fused-ring (bicyclic) bond motifs is 1. The van der Waals surface area contributed by atoms with E-state index in [4.69, 9.17) is 5.73 Å². The molecule has 2 aromatic heterocycles. The molecule has 3 rings (SSSR count). The highest BCUT2D eigenvalue weighted by atomic mass is 19.2. The van der Waals surface area contributed by atoms with Crippen molar-refractivity contribution in [2.75, 3.05) is 5.73 Å². The van der Waals surface area contributed by atoms with Crippen LogP contribution in [0.15, 0.2) is 18.3 Å². The fourth-order valence-electron chi connectivity index (χ4n) is 2.41. The van der Waals surface area contributed by atoms with Crippen LogP contribution in [0.3, 0.4) is 0 Å². The molecule has 1 aromatic carbocycles. The van der Waals surface area contributed by atoms with Gasteiger partial charge in [0.15, 0.2) is 17.5 Å². The summed E-state index contributed by atoms with van der Waals surface area (Å²) >= 11 is 0. The highest BCUT2D eigenvalue weighted by molar-refractivity contribution is 5.68. The molecule has 0 aliphatic heterocycles. The van der Waals surface area contributed by atoms with Crippen LogP contribution >= 0.6 is 0 Å². The maximum Gasteiger partial charge on any atom is 0.238 e. The Bertz CT molecular complexity index is 918. The number of benzene rings is 1. The number of aromatic nitrogens is 3. The van der Waals surface area contributed by atoms with Crippen LogP contribution in [0.4, 0.5) is 23.5 Å². The Labute approximate surface area is 128 Å². The van der Waals surface area contributed by atoms with Gasteiger partial charge in [0.2, 0.25) is 5.95 Å². The van der Waals surface area contributed by atoms with E-state index in [2.05, 4.69) is 10.1 Å². The number of hydrogen-bond acceptors (Lipinski definition) is 3. The fourth-order valence-corrected chi connectivity index (χ4v) is 2.41. The number of halogens is 4. The van der Waals surface area contributed by atoms with Crippen molar-refractivity contribution in [2.24, 2.45) is 0 Å². The minimum absolute atomic E-state index is 0.0979. The van der Waals surface area contributed by atoms with Gasteiger partial charge in [-0.05, 0) is 17.5 Å². The van der Waals surface area contributed by atoms with Crippen LogP contribution in [0.25, 0.3) is 16.8 Å². The standard InChI is InChI=1S/C15H12F4N4/c1-6(2)7-3-9(17)12(14(19)13(7)18)10-4-8(16)11-5-21-15(20)22-23(10)11/h3-6H,1-2H3,(H2,20,22). The Kier molecular flexibility index (Phi) is 3.46. The summed E-state index contributed by atoms with van der Waals surface area (Å²) < 4.78 is 57.7. The van der Waals surface area contributed by atoms with E-state index in [1.165, 1.54) is 0 Å². The van der Waals surface area contributed by atoms with Gasteiger partial charge in [-0.2, -0.15) is 0 Å². The van der Waals surface area contributed by atoms with Crippen LogP contribution in [0.5, 0.6) is 0 Å². The summed E-state index contributed by atoms with van der Waals surface area (Å²) in [6.45, 7) is 3.22. The van der Waals surface area contributed by atoms with Crippen LogP contribution in [0, 0.1) is 23.3 Å². The largest absolute Gasteiger partial charge is 0.367 e. The average Bonchev–Trinajstić information content (AvgIpc) is 2.79. The summed E-state index contributed by atoms with van der Waals surface area (Å²) in [5.74, 6) is -5.00. The summed E-state index contributed by atoms with van der Waals surface area (Å²) in [5, 5.41) is 3.73. The van der Waals surface area contributed by atoms with Crippen LogP contribution < -0.4 is 5.73 Å². The van der Waals surface area contributed by atoms with E-state index < -0.39 is 34.8 Å². The molecular formula is C15H12F4N4. The van der Waals surface area contributed by atoms with Crippen LogP contribution in [0.1, 0.15) is 25.3 Å². The molecular weight excluding hydrogens is 312 g/mol. The van der Waals surface area contributed by atoms with E-state index >= 15 is 0 Å². The molecule has 3 aromatic rings. The van der Waals surface area contributed by atoms with Gasteiger partial charge >= 0.3 is 0 Å². The summed E-state index contributed by atoms with van der Waals surface area (Å²) in [5.41, 5.74) is 4.21. The van der Waals surface area contributed by atoms with Crippen LogP contribution in [0.2, 0.25) is 0 Å². The number of nitrogen functional groups attached to an aromatic ring is 1. The Hall–Kier alpha value is -2.64. The van der Waals surface area contributed by atoms with Crippen molar-refractivity contribution in [2.45, 2.75) is 19.8 Å². The minimum Gasteiger partial charge on any atom is -0.367 e. The van der Waals surface area contributed by atoms with Crippen LogP contribution in [-0.2, 0) is 0 Å². The Morgan fingerprint density at radius 3 is 2.39 bits per heavy atom. The predicted molar refractivity (Wildman–Crippen MR) is 76.8 cm³/mol. The van der Waals surface area contributed by atoms with Crippen molar-refractivity contribution in [3.8, 4) is 11.3 Å². The maximum absolute atomic E-state index is 14.4. The molecule has 0 spiro atoms. The van der Waals surface area contributed by atoms with Gasteiger partial charge in [-0.1, -0.05) is 13.8 Å². The second kappa shape index (κ2) is 5.22. The van der Waals surface area contributed by atoms with Crippen molar-refractivity contribution in [3.05, 3.63) is 47.2 Å². The third-order valence-corrected chi connectivity index (χ3v) is 3.55. The molecule has 0 saturated heterocycles. The topological polar surface area (TPSA) is 56.2 Å². The van der Waals surface area contributed by atoms with Gasteiger partial charge < -0.3 is 5.73 Å². The van der Waals surface area contributed by atoms with Crippen molar-refractivity contribution in [1.82, 2.24) is 14.6 Å². The number of nitrogens with two attached hydrogens (primary N) is 1. The highest BCUT2D eigenvalue weighted by Crippen LogP contribution is 2.33. The third kappa shape index (κ3) is 2.30. The minimum atomic E-state index is -1.40. The van der Waals surface area contributed by atoms with Gasteiger partial charge in [0.05, 0.1) is 17.5 Å². The van der Waals surface area contributed by atoms with Gasteiger partial charge in [0.25, 0.3) is 0 Å². The molecule has 0 saturated carbocycles. The van der Waals surface area contributed by atoms with Crippen LogP contribution in [-0.4, -0.2) is 14.6 Å². The van der Waals surface area contributed by atoms with E-state index in [9.17, 15) is 17.6 Å². The van der Waals surface area contributed by atoms with Gasteiger partial charge in [-0.25, -0.2) is 27.1 Å². The lowest BCUT2D eigenvalue weighted by Crippen LogP contribution is -2.06. The highest BCUT2D eigenvalue weighted by Gasteiger charge is 2.25. The van der Waals surface area contributed by atoms with E-state index in [-0.39, 0.29) is 22.7 Å². The lowest BCUT2D eigenvalue weighted by molar-refractivity contribution is 0.483. The summed E-state index contributed by atoms with van der Waals surface area (Å²) in [6, 6.07) is 1.76. The first-order valence-electron chi connectivity index (χ1n) is 6.78. The second-order valence-electron chi connectivity index (χ2n) is 5.40. The summed E-state index contributed by atoms with van der Waals surface area (Å²) in [4.78, 5) is 3.62. The molecule has 0 amide bonds. The number of hydrogen-bond donors (Lipinski definition) is 1. The molecule has 2 N–H and O–H groups in total. The lowest BCUT2D eigenvalue weighted by Gasteiger charge is -2.12. The number of rotatable bonds is 2. The zero-order valence-electron chi connectivity index (χ0n) is 12.2. The van der Waals surface area contributed by atoms with E-state index in [0.717, 1.165) is 22.8 Å². The number of anilines is 1. The molecule has 4 nitrogen and oxygen atoms in total. The molecule has 0 atom stereocenters. The first kappa shape index (κ1) is 15.3. The SMILES string of the molecule is CC(C)c1cc(F)c(-c2cc(F)c3cnc(N)nn23)c(F)c1F. The molecule has 0 bridgehead atoms. The normalized spacial score (nSPS) is 11.6. The molecule has 2 heterocycles. The monoisotopic (exact) mass is 324 g/mol. The third-order valence-electron chi connectivity index (χ3n) is 3.55. The zero-order chi connectivity index (χ0) is 16.9. The van der Waals surface area contributed by atoms with Crippen molar-refractivity contribution < 1.29 is 17.6 Å². The lowest BCUT2D eigenvalue weighted by atomic mass is 9.98. The summed E-state index contributed by atoms with van der Waals surface area (Å²) in [7, 11) is 0. The molecule has 120 valence electrons. The molecule has 0 radical (unpaired) electrons. The first-order valence-corrected chi connectivity index (χ1v) is 6.78. The first-order chi connectivity index (χ1) is 10.8. The molecule has 0 unspecified atom stereocenters. The Morgan fingerprint density at radius 1 is 1.04 bits per heavy atom. The molecule has 8 heteroatoms. The number of nitrogens with zero attached hydrogens (tertiary/aromatic N) is 3. The molecule has 0 aliphatic rings. The smallest absolute Gasteiger partial charge is 0.238 e. The predicted octanol–water partition coefficient (Wildman–Crippen LogP) is 3.66. The van der Waals surface area contributed by atoms with E-state index in [0.29, 0.717) is 0 Å². The molecule has 23 heavy (non-hydrogen) atoms. The zero-order valence-corrected chi connectivity index (χ0v) is 12.2. The van der Waals surface area contributed by atoms with Crippen molar-refractivity contribution >= 4 is 11.5 Å². The fraction of sp³-hybridized carbons (Fsp3) is 0.200.